The first kappa shape index (κ1) is 22.5. The molecule has 1 heterocycles. The molecular formula is C24H40N2O3. The molecule has 5 atom stereocenters. The molecule has 3 N–H and O–H groups in total. The fourth-order valence-corrected chi connectivity index (χ4v) is 5.27. The summed E-state index contributed by atoms with van der Waals surface area (Å²) in [5.41, 5.74) is 1.45. The summed E-state index contributed by atoms with van der Waals surface area (Å²) < 4.78 is 0. The van der Waals surface area contributed by atoms with Crippen LogP contribution < -0.4 is 5.32 Å². The Morgan fingerprint density at radius 2 is 2.14 bits per heavy atom. The molecule has 0 aromatic carbocycles. The average Bonchev–Trinajstić information content (AvgIpc) is 3.41. The molecule has 5 nitrogen and oxygen atoms in total. The van der Waals surface area contributed by atoms with Crippen LogP contribution in [0.4, 0.5) is 0 Å². The van der Waals surface area contributed by atoms with Gasteiger partial charge >= 0.3 is 0 Å². The molecule has 1 aliphatic heterocycles. The van der Waals surface area contributed by atoms with Crippen molar-refractivity contribution in [3.63, 3.8) is 0 Å². The number of carbonyl (C=O) groups is 1. The number of nitrogens with zero attached hydrogens (tertiary/aromatic N) is 1. The summed E-state index contributed by atoms with van der Waals surface area (Å²) >= 11 is 0. The lowest BCUT2D eigenvalue weighted by molar-refractivity contribution is -0.129. The van der Waals surface area contributed by atoms with E-state index in [1.54, 1.807) is 0 Å². The number of rotatable bonds is 11. The van der Waals surface area contributed by atoms with E-state index in [0.29, 0.717) is 18.4 Å². The Kier molecular flexibility index (Phi) is 8.76. The second-order valence-electron chi connectivity index (χ2n) is 9.20. The molecule has 1 saturated heterocycles. The molecule has 29 heavy (non-hydrogen) atoms. The van der Waals surface area contributed by atoms with Crippen LogP contribution in [0.25, 0.3) is 0 Å². The van der Waals surface area contributed by atoms with Gasteiger partial charge in [0.05, 0.1) is 18.8 Å². The average molecular weight is 405 g/mol. The highest BCUT2D eigenvalue weighted by molar-refractivity contribution is 5.78. The van der Waals surface area contributed by atoms with Gasteiger partial charge in [0.1, 0.15) is 0 Å². The van der Waals surface area contributed by atoms with Gasteiger partial charge in [-0.3, -0.25) is 4.79 Å². The summed E-state index contributed by atoms with van der Waals surface area (Å²) in [5.74, 6) is 1.30. The minimum absolute atomic E-state index is 0.152. The van der Waals surface area contributed by atoms with Crippen LogP contribution in [0.5, 0.6) is 0 Å². The highest BCUT2D eigenvalue weighted by Gasteiger charge is 2.43. The summed E-state index contributed by atoms with van der Waals surface area (Å²) in [6.45, 7) is 5.28. The third kappa shape index (κ3) is 6.40. The molecule has 1 saturated carbocycles. The molecule has 0 bridgehead atoms. The van der Waals surface area contributed by atoms with Gasteiger partial charge in [0.2, 0.25) is 5.91 Å². The van der Waals surface area contributed by atoms with Gasteiger partial charge in [-0.2, -0.15) is 0 Å². The Morgan fingerprint density at radius 1 is 1.34 bits per heavy atom. The summed E-state index contributed by atoms with van der Waals surface area (Å²) in [5, 5.41) is 23.9. The van der Waals surface area contributed by atoms with Crippen molar-refractivity contribution in [2.75, 3.05) is 26.2 Å². The Morgan fingerprint density at radius 3 is 2.90 bits per heavy atom. The van der Waals surface area contributed by atoms with E-state index in [9.17, 15) is 15.0 Å². The summed E-state index contributed by atoms with van der Waals surface area (Å²) in [6.07, 6.45) is 15.0. The van der Waals surface area contributed by atoms with Crippen molar-refractivity contribution in [2.24, 2.45) is 17.8 Å². The van der Waals surface area contributed by atoms with Crippen LogP contribution in [-0.4, -0.2) is 59.4 Å². The number of carbonyl (C=O) groups excluding carboxylic acids is 1. The molecule has 2 aliphatic carbocycles. The Labute approximate surface area is 176 Å². The maximum Gasteiger partial charge on any atom is 0.236 e. The zero-order valence-electron chi connectivity index (χ0n) is 18.1. The van der Waals surface area contributed by atoms with Gasteiger partial charge in [-0.05, 0) is 56.9 Å². The van der Waals surface area contributed by atoms with E-state index in [0.717, 1.165) is 77.4 Å². The monoisotopic (exact) mass is 404 g/mol. The number of hydrogen-bond donors (Lipinski definition) is 3. The fourth-order valence-electron chi connectivity index (χ4n) is 5.27. The quantitative estimate of drug-likeness (QED) is 0.366. The van der Waals surface area contributed by atoms with Crippen molar-refractivity contribution in [2.45, 2.75) is 76.9 Å². The predicted octanol–water partition coefficient (Wildman–Crippen LogP) is 3.03. The first-order chi connectivity index (χ1) is 14.1. The molecule has 3 rings (SSSR count). The lowest BCUT2D eigenvalue weighted by atomic mass is 9.88. The number of aliphatic hydroxyl groups is 2. The number of fused-ring (bicyclic) bond motifs is 1. The highest BCUT2D eigenvalue weighted by Crippen LogP contribution is 2.47. The largest absolute Gasteiger partial charge is 0.392 e. The van der Waals surface area contributed by atoms with Crippen LogP contribution in [0, 0.1) is 17.8 Å². The van der Waals surface area contributed by atoms with E-state index in [4.69, 9.17) is 0 Å². The third-order valence-corrected chi connectivity index (χ3v) is 6.97. The fraction of sp³-hybridized carbons (Fsp3) is 0.792. The molecule has 2 fully saturated rings. The maximum absolute atomic E-state index is 12.1. The highest BCUT2D eigenvalue weighted by atomic mass is 16.3. The van der Waals surface area contributed by atoms with Gasteiger partial charge in [0.25, 0.3) is 0 Å². The van der Waals surface area contributed by atoms with Crippen molar-refractivity contribution in [1.82, 2.24) is 10.2 Å². The van der Waals surface area contributed by atoms with Gasteiger partial charge in [0.15, 0.2) is 0 Å². The van der Waals surface area contributed by atoms with E-state index in [2.05, 4.69) is 24.4 Å². The van der Waals surface area contributed by atoms with E-state index in [1.807, 2.05) is 11.0 Å². The zero-order valence-corrected chi connectivity index (χ0v) is 18.1. The van der Waals surface area contributed by atoms with Crippen molar-refractivity contribution < 1.29 is 15.0 Å². The lowest BCUT2D eigenvalue weighted by Gasteiger charge is -2.19. The van der Waals surface area contributed by atoms with Crippen molar-refractivity contribution in [3.05, 3.63) is 23.8 Å². The Hall–Kier alpha value is -1.17. The van der Waals surface area contributed by atoms with Crippen LogP contribution in [-0.2, 0) is 4.79 Å². The van der Waals surface area contributed by atoms with Crippen LogP contribution in [0.3, 0.4) is 0 Å². The normalized spacial score (nSPS) is 30.2. The van der Waals surface area contributed by atoms with E-state index in [1.165, 1.54) is 5.57 Å². The SMILES string of the molecule is CCCCC[C@H](O)/C=C/[C@@H]1[C@H]2CC(CCNCC(=O)N3CCCC3)=C[C@H]2C[C@H]1O. The van der Waals surface area contributed by atoms with Gasteiger partial charge in [-0.15, -0.1) is 0 Å². The van der Waals surface area contributed by atoms with Crippen LogP contribution in [0.1, 0.15) is 64.7 Å². The molecule has 3 aliphatic rings. The number of allylic oxidation sites excluding steroid dienone is 1. The second kappa shape index (κ2) is 11.3. The maximum atomic E-state index is 12.1. The zero-order chi connectivity index (χ0) is 20.6. The number of unbranched alkanes of at least 4 members (excludes halogenated alkanes) is 2. The lowest BCUT2D eigenvalue weighted by Crippen LogP contribution is -2.36. The van der Waals surface area contributed by atoms with E-state index >= 15 is 0 Å². The first-order valence-electron chi connectivity index (χ1n) is 11.8. The van der Waals surface area contributed by atoms with Gasteiger partial charge in [-0.1, -0.05) is 50.0 Å². The number of hydrogen-bond acceptors (Lipinski definition) is 4. The minimum Gasteiger partial charge on any atom is -0.392 e. The second-order valence-corrected chi connectivity index (χ2v) is 9.20. The molecule has 0 unspecified atom stereocenters. The van der Waals surface area contributed by atoms with Crippen LogP contribution >= 0.6 is 0 Å². The van der Waals surface area contributed by atoms with Gasteiger partial charge < -0.3 is 20.4 Å². The molecule has 0 spiro atoms. The molecule has 0 aromatic heterocycles. The van der Waals surface area contributed by atoms with Gasteiger partial charge in [-0.25, -0.2) is 0 Å². The molecule has 1 amide bonds. The Balaban J connectivity index is 1.38. The standard InChI is InChI=1S/C24H40N2O3/c1-2-3-4-7-20(27)8-9-21-22-15-18(14-19(22)16-23(21)28)10-11-25-17-24(29)26-12-5-6-13-26/h8-9,14,19-23,25,27-28H,2-7,10-13,15-17H2,1H3/b9-8+/t19-,20-,21+,22-,23+/m0/s1. The number of nitrogens with one attached hydrogen (secondary N) is 1. The summed E-state index contributed by atoms with van der Waals surface area (Å²) in [6, 6.07) is 0. The molecule has 5 heteroatoms. The van der Waals surface area contributed by atoms with Crippen LogP contribution in [0.15, 0.2) is 23.8 Å². The van der Waals surface area contributed by atoms with E-state index < -0.39 is 0 Å². The summed E-state index contributed by atoms with van der Waals surface area (Å²) in [7, 11) is 0. The van der Waals surface area contributed by atoms with Gasteiger partial charge in [0, 0.05) is 19.0 Å². The van der Waals surface area contributed by atoms with Crippen molar-refractivity contribution in [1.29, 1.82) is 0 Å². The molecule has 0 radical (unpaired) electrons. The van der Waals surface area contributed by atoms with Crippen molar-refractivity contribution >= 4 is 5.91 Å². The number of likely N-dealkylation sites (tertiary alicyclic amines) is 1. The first-order valence-corrected chi connectivity index (χ1v) is 11.8. The molecule has 0 aromatic rings. The third-order valence-electron chi connectivity index (χ3n) is 6.97. The number of amides is 1. The smallest absolute Gasteiger partial charge is 0.236 e. The minimum atomic E-state index is -0.390. The summed E-state index contributed by atoms with van der Waals surface area (Å²) in [4.78, 5) is 14.0. The van der Waals surface area contributed by atoms with Crippen molar-refractivity contribution in [3.8, 4) is 0 Å². The predicted molar refractivity (Wildman–Crippen MR) is 116 cm³/mol. The molecule has 164 valence electrons. The topological polar surface area (TPSA) is 72.8 Å². The Bertz CT molecular complexity index is 583. The van der Waals surface area contributed by atoms with Crippen LogP contribution in [0.2, 0.25) is 0 Å². The number of aliphatic hydroxyl groups excluding tert-OH is 2. The van der Waals surface area contributed by atoms with E-state index in [-0.39, 0.29) is 24.0 Å². The molecular weight excluding hydrogens is 364 g/mol.